The van der Waals surface area contributed by atoms with Gasteiger partial charge in [0.15, 0.2) is 0 Å². The molecule has 42 valence electrons. The summed E-state index contributed by atoms with van der Waals surface area (Å²) in [6.45, 7) is 0.233. The van der Waals surface area contributed by atoms with Crippen LogP contribution in [0.3, 0.4) is 0 Å². The van der Waals surface area contributed by atoms with Crippen LogP contribution in [0.4, 0.5) is 4.39 Å². The van der Waals surface area contributed by atoms with Gasteiger partial charge in [-0.3, -0.25) is 0 Å². The third-order valence-electron chi connectivity index (χ3n) is 0.589. The Labute approximate surface area is 43.0 Å². The topological polar surface area (TPSA) is 26.0 Å². The summed E-state index contributed by atoms with van der Waals surface area (Å²) in [5.41, 5.74) is 5.10. The van der Waals surface area contributed by atoms with Crippen molar-refractivity contribution in [2.45, 2.75) is 6.42 Å². The predicted octanol–water partition coefficient (Wildman–Crippen LogP) is 0.861. The highest BCUT2D eigenvalue weighted by Gasteiger charge is 1.69. The molecule has 0 unspecified atom stereocenters. The summed E-state index contributed by atoms with van der Waals surface area (Å²) in [5, 5.41) is 0. The van der Waals surface area contributed by atoms with Crippen LogP contribution in [-0.4, -0.2) is 13.2 Å². The number of rotatable bonds is 3. The molecule has 2 heteroatoms. The van der Waals surface area contributed by atoms with Gasteiger partial charge in [-0.05, 0) is 13.0 Å². The molecule has 0 aliphatic heterocycles. The second-order valence-electron chi connectivity index (χ2n) is 1.20. The average molecular weight is 103 g/mol. The summed E-state index contributed by atoms with van der Waals surface area (Å²) >= 11 is 0. The van der Waals surface area contributed by atoms with Gasteiger partial charge in [0.2, 0.25) is 0 Å². The van der Waals surface area contributed by atoms with Crippen molar-refractivity contribution in [3.63, 3.8) is 0 Å². The summed E-state index contributed by atoms with van der Waals surface area (Å²) in [6, 6.07) is 0. The maximum absolute atomic E-state index is 11.2. The van der Waals surface area contributed by atoms with Gasteiger partial charge >= 0.3 is 0 Å². The smallest absolute Gasteiger partial charge is 0.108 e. The molecular weight excluding hydrogens is 93.1 g/mol. The molecule has 0 amide bonds. The Morgan fingerprint density at radius 2 is 2.14 bits per heavy atom. The standard InChI is InChI=1S/C5H10FN/c6-4-2-1-3-5-7/h1-2H,3-5,7H2/b2-1-. The first kappa shape index (κ1) is 6.63. The Kier molecular flexibility index (Phi) is 5.33. The Bertz CT molecular complexity index is 52.0. The molecule has 0 saturated carbocycles. The molecule has 0 aromatic carbocycles. The maximum Gasteiger partial charge on any atom is 0.108 e. The van der Waals surface area contributed by atoms with Gasteiger partial charge in [0, 0.05) is 0 Å². The van der Waals surface area contributed by atoms with Crippen molar-refractivity contribution in [3.05, 3.63) is 12.2 Å². The normalized spacial score (nSPS) is 10.6. The van der Waals surface area contributed by atoms with E-state index in [1.165, 1.54) is 6.08 Å². The van der Waals surface area contributed by atoms with E-state index in [1.54, 1.807) is 6.08 Å². The molecule has 0 atom stereocenters. The molecule has 0 heterocycles. The van der Waals surface area contributed by atoms with Crippen LogP contribution in [0.25, 0.3) is 0 Å². The van der Waals surface area contributed by atoms with Crippen molar-refractivity contribution < 1.29 is 4.39 Å². The third-order valence-corrected chi connectivity index (χ3v) is 0.589. The van der Waals surface area contributed by atoms with Crippen molar-refractivity contribution in [2.24, 2.45) is 5.73 Å². The highest BCUT2D eigenvalue weighted by molar-refractivity contribution is 4.80. The Hall–Kier alpha value is -0.370. The molecule has 0 rings (SSSR count). The van der Waals surface area contributed by atoms with E-state index in [0.717, 1.165) is 6.42 Å². The molecule has 0 aromatic heterocycles. The predicted molar refractivity (Wildman–Crippen MR) is 28.8 cm³/mol. The zero-order chi connectivity index (χ0) is 5.54. The lowest BCUT2D eigenvalue weighted by Crippen LogP contribution is -1.94. The molecule has 0 spiro atoms. The summed E-state index contributed by atoms with van der Waals surface area (Å²) in [7, 11) is 0. The molecule has 0 fully saturated rings. The first-order valence-corrected chi connectivity index (χ1v) is 2.33. The van der Waals surface area contributed by atoms with E-state index >= 15 is 0 Å². The minimum atomic E-state index is -0.375. The van der Waals surface area contributed by atoms with E-state index in [9.17, 15) is 4.39 Å². The molecule has 0 aliphatic carbocycles. The minimum Gasteiger partial charge on any atom is -0.330 e. The molecular formula is C5H10FN. The molecule has 0 saturated heterocycles. The van der Waals surface area contributed by atoms with E-state index < -0.39 is 0 Å². The van der Waals surface area contributed by atoms with E-state index in [2.05, 4.69) is 0 Å². The fourth-order valence-electron chi connectivity index (χ4n) is 0.277. The quantitative estimate of drug-likeness (QED) is 0.527. The first-order valence-electron chi connectivity index (χ1n) is 2.33. The van der Waals surface area contributed by atoms with Gasteiger partial charge < -0.3 is 5.73 Å². The molecule has 0 aliphatic rings. The largest absolute Gasteiger partial charge is 0.330 e. The average Bonchev–Trinajstić information content (AvgIpc) is 1.69. The lowest BCUT2D eigenvalue weighted by atomic mass is 10.4. The zero-order valence-electron chi connectivity index (χ0n) is 4.23. The molecule has 1 nitrogen and oxygen atoms in total. The van der Waals surface area contributed by atoms with Gasteiger partial charge in [-0.2, -0.15) is 0 Å². The number of hydrogen-bond acceptors (Lipinski definition) is 1. The SMILES string of the molecule is NCC/C=C\CF. The van der Waals surface area contributed by atoms with E-state index in [0.29, 0.717) is 6.54 Å². The summed E-state index contributed by atoms with van der Waals surface area (Å²) in [6.07, 6.45) is 3.98. The zero-order valence-corrected chi connectivity index (χ0v) is 4.23. The Morgan fingerprint density at radius 3 is 2.57 bits per heavy atom. The van der Waals surface area contributed by atoms with Gasteiger partial charge in [0.25, 0.3) is 0 Å². The van der Waals surface area contributed by atoms with E-state index in [-0.39, 0.29) is 6.67 Å². The lowest BCUT2D eigenvalue weighted by molar-refractivity contribution is 0.561. The van der Waals surface area contributed by atoms with Crippen molar-refractivity contribution in [2.75, 3.05) is 13.2 Å². The number of allylic oxidation sites excluding steroid dienone is 1. The lowest BCUT2D eigenvalue weighted by Gasteiger charge is -1.79. The monoisotopic (exact) mass is 103 g/mol. The Balaban J connectivity index is 2.78. The third kappa shape index (κ3) is 5.63. The van der Waals surface area contributed by atoms with Crippen LogP contribution in [-0.2, 0) is 0 Å². The van der Waals surface area contributed by atoms with Gasteiger partial charge in [0.1, 0.15) is 6.67 Å². The van der Waals surface area contributed by atoms with Gasteiger partial charge in [-0.15, -0.1) is 0 Å². The highest BCUT2D eigenvalue weighted by Crippen LogP contribution is 1.77. The minimum absolute atomic E-state index is 0.375. The van der Waals surface area contributed by atoms with Crippen molar-refractivity contribution in [1.82, 2.24) is 0 Å². The number of nitrogens with two attached hydrogens (primary N) is 1. The molecule has 0 aromatic rings. The van der Waals surface area contributed by atoms with Crippen LogP contribution in [0.15, 0.2) is 12.2 Å². The van der Waals surface area contributed by atoms with Crippen LogP contribution in [0, 0.1) is 0 Å². The fourth-order valence-corrected chi connectivity index (χ4v) is 0.277. The van der Waals surface area contributed by atoms with E-state index in [1.807, 2.05) is 0 Å². The molecule has 0 radical (unpaired) electrons. The summed E-state index contributed by atoms with van der Waals surface area (Å²) in [5.74, 6) is 0. The number of halogens is 1. The van der Waals surface area contributed by atoms with Crippen LogP contribution in [0.1, 0.15) is 6.42 Å². The van der Waals surface area contributed by atoms with E-state index in [4.69, 9.17) is 5.73 Å². The van der Waals surface area contributed by atoms with Gasteiger partial charge in [-0.25, -0.2) is 4.39 Å². The van der Waals surface area contributed by atoms with Crippen molar-refractivity contribution >= 4 is 0 Å². The number of alkyl halides is 1. The maximum atomic E-state index is 11.2. The van der Waals surface area contributed by atoms with Crippen LogP contribution < -0.4 is 5.73 Å². The molecule has 0 bridgehead atoms. The van der Waals surface area contributed by atoms with Crippen LogP contribution in [0.5, 0.6) is 0 Å². The van der Waals surface area contributed by atoms with Crippen LogP contribution >= 0.6 is 0 Å². The van der Waals surface area contributed by atoms with Crippen LogP contribution in [0.2, 0.25) is 0 Å². The van der Waals surface area contributed by atoms with Crippen molar-refractivity contribution in [1.29, 1.82) is 0 Å². The summed E-state index contributed by atoms with van der Waals surface area (Å²) in [4.78, 5) is 0. The summed E-state index contributed by atoms with van der Waals surface area (Å²) < 4.78 is 11.2. The first-order chi connectivity index (χ1) is 3.41. The molecule has 7 heavy (non-hydrogen) atoms. The van der Waals surface area contributed by atoms with Crippen molar-refractivity contribution in [3.8, 4) is 0 Å². The fraction of sp³-hybridized carbons (Fsp3) is 0.600. The Morgan fingerprint density at radius 1 is 1.43 bits per heavy atom. The number of hydrogen-bond donors (Lipinski definition) is 1. The highest BCUT2D eigenvalue weighted by atomic mass is 19.1. The van der Waals surface area contributed by atoms with Gasteiger partial charge in [-0.1, -0.05) is 12.2 Å². The second-order valence-corrected chi connectivity index (χ2v) is 1.20. The second kappa shape index (κ2) is 5.63. The van der Waals surface area contributed by atoms with Gasteiger partial charge in [0.05, 0.1) is 0 Å². The molecule has 2 N–H and O–H groups in total.